The van der Waals surface area contributed by atoms with Crippen molar-refractivity contribution in [2.45, 2.75) is 46.2 Å². The normalized spacial score (nSPS) is 17.3. The average Bonchev–Trinajstić information content (AvgIpc) is 3.34. The van der Waals surface area contributed by atoms with Gasteiger partial charge in [-0.25, -0.2) is 0 Å². The molecule has 1 N–H and O–H groups in total. The van der Waals surface area contributed by atoms with Crippen LogP contribution in [0.1, 0.15) is 39.2 Å². The van der Waals surface area contributed by atoms with Gasteiger partial charge in [0.25, 0.3) is 0 Å². The van der Waals surface area contributed by atoms with Crippen LogP contribution < -0.4 is 5.32 Å². The van der Waals surface area contributed by atoms with Gasteiger partial charge in [0.05, 0.1) is 0 Å². The zero-order valence-electron chi connectivity index (χ0n) is 13.5. The van der Waals surface area contributed by atoms with Crippen molar-refractivity contribution in [3.05, 3.63) is 35.9 Å². The van der Waals surface area contributed by atoms with Crippen LogP contribution in [0.25, 0.3) is 0 Å². The second kappa shape index (κ2) is 7.60. The van der Waals surface area contributed by atoms with E-state index in [4.69, 9.17) is 0 Å². The minimum atomic E-state index is 0.0369. The minimum Gasteiger partial charge on any atom is -0.335 e. The molecule has 2 rings (SSSR count). The summed E-state index contributed by atoms with van der Waals surface area (Å²) in [6, 6.07) is 10.7. The molecule has 1 aliphatic rings. The lowest BCUT2D eigenvalue weighted by molar-refractivity contribution is -0.138. The maximum atomic E-state index is 12.8. The van der Waals surface area contributed by atoms with Crippen LogP contribution in [0.15, 0.2) is 30.3 Å². The summed E-state index contributed by atoms with van der Waals surface area (Å²) in [6.45, 7) is 8.72. The monoisotopic (exact) mass is 288 g/mol. The van der Waals surface area contributed by atoms with Crippen molar-refractivity contribution in [2.75, 3.05) is 13.1 Å². The largest absolute Gasteiger partial charge is 0.335 e. The highest BCUT2D eigenvalue weighted by Gasteiger charge is 2.35. The van der Waals surface area contributed by atoms with Crippen molar-refractivity contribution < 1.29 is 4.79 Å². The Labute approximate surface area is 128 Å². The maximum absolute atomic E-state index is 12.8. The Morgan fingerprint density at radius 3 is 2.52 bits per heavy atom. The first-order chi connectivity index (χ1) is 10.1. The molecular weight excluding hydrogens is 260 g/mol. The van der Waals surface area contributed by atoms with E-state index in [2.05, 4.69) is 36.2 Å². The number of nitrogens with zero attached hydrogens (tertiary/aromatic N) is 1. The number of carbonyl (C=O) groups is 1. The third-order valence-electron chi connectivity index (χ3n) is 4.40. The maximum Gasteiger partial charge on any atom is 0.227 e. The molecule has 116 valence electrons. The van der Waals surface area contributed by atoms with Gasteiger partial charge < -0.3 is 10.2 Å². The SMILES string of the molecule is CCNCC(C)C(=O)N(Cc1ccccc1)C(C)C1CC1. The van der Waals surface area contributed by atoms with Gasteiger partial charge >= 0.3 is 0 Å². The summed E-state index contributed by atoms with van der Waals surface area (Å²) in [5.74, 6) is 1.01. The number of hydrogen-bond donors (Lipinski definition) is 1. The van der Waals surface area contributed by atoms with Crippen LogP contribution in [-0.2, 0) is 11.3 Å². The summed E-state index contributed by atoms with van der Waals surface area (Å²) in [6.07, 6.45) is 2.53. The Bertz CT molecular complexity index is 442. The smallest absolute Gasteiger partial charge is 0.227 e. The third kappa shape index (κ3) is 4.57. The quantitative estimate of drug-likeness (QED) is 0.797. The molecule has 1 aromatic rings. The second-order valence-electron chi connectivity index (χ2n) is 6.24. The topological polar surface area (TPSA) is 32.3 Å². The van der Waals surface area contributed by atoms with Gasteiger partial charge in [0.2, 0.25) is 5.91 Å². The predicted molar refractivity (Wildman–Crippen MR) is 86.9 cm³/mol. The third-order valence-corrected chi connectivity index (χ3v) is 4.40. The van der Waals surface area contributed by atoms with Gasteiger partial charge in [-0.3, -0.25) is 4.79 Å². The molecule has 0 aliphatic heterocycles. The number of hydrogen-bond acceptors (Lipinski definition) is 2. The fourth-order valence-electron chi connectivity index (χ4n) is 2.77. The molecule has 3 heteroatoms. The van der Waals surface area contributed by atoms with Gasteiger partial charge in [0, 0.05) is 25.0 Å². The standard InChI is InChI=1S/C18H28N2O/c1-4-19-12-14(2)18(21)20(15(3)17-10-11-17)13-16-8-6-5-7-9-16/h5-9,14-15,17,19H,4,10-13H2,1-3H3. The van der Waals surface area contributed by atoms with E-state index in [1.165, 1.54) is 18.4 Å². The summed E-state index contributed by atoms with van der Waals surface area (Å²) >= 11 is 0. The van der Waals surface area contributed by atoms with Crippen molar-refractivity contribution in [3.8, 4) is 0 Å². The van der Waals surface area contributed by atoms with Gasteiger partial charge in [0.15, 0.2) is 0 Å². The van der Waals surface area contributed by atoms with Crippen LogP contribution in [0.3, 0.4) is 0 Å². The molecule has 1 aromatic carbocycles. The van der Waals surface area contributed by atoms with Crippen molar-refractivity contribution >= 4 is 5.91 Å². The Hall–Kier alpha value is -1.35. The molecule has 0 aromatic heterocycles. The van der Waals surface area contributed by atoms with Crippen molar-refractivity contribution in [2.24, 2.45) is 11.8 Å². The molecule has 1 fully saturated rings. The Kier molecular flexibility index (Phi) is 5.80. The fourth-order valence-corrected chi connectivity index (χ4v) is 2.77. The van der Waals surface area contributed by atoms with Crippen LogP contribution in [-0.4, -0.2) is 29.9 Å². The first kappa shape index (κ1) is 16.0. The highest BCUT2D eigenvalue weighted by Crippen LogP contribution is 2.36. The number of nitrogens with one attached hydrogen (secondary N) is 1. The summed E-state index contributed by atoms with van der Waals surface area (Å²) in [5, 5.41) is 3.28. The lowest BCUT2D eigenvalue weighted by Crippen LogP contribution is -2.44. The molecule has 1 saturated carbocycles. The lowest BCUT2D eigenvalue weighted by Gasteiger charge is -2.32. The molecular formula is C18H28N2O. The summed E-state index contributed by atoms with van der Waals surface area (Å²) in [4.78, 5) is 14.9. The fraction of sp³-hybridized carbons (Fsp3) is 0.611. The summed E-state index contributed by atoms with van der Waals surface area (Å²) < 4.78 is 0. The zero-order chi connectivity index (χ0) is 15.2. The lowest BCUT2D eigenvalue weighted by atomic mass is 10.1. The van der Waals surface area contributed by atoms with E-state index in [9.17, 15) is 4.79 Å². The van der Waals surface area contributed by atoms with E-state index in [0.29, 0.717) is 12.0 Å². The first-order valence-corrected chi connectivity index (χ1v) is 8.18. The summed E-state index contributed by atoms with van der Waals surface area (Å²) in [7, 11) is 0. The van der Waals surface area contributed by atoms with Crippen LogP contribution in [0, 0.1) is 11.8 Å². The minimum absolute atomic E-state index is 0.0369. The highest BCUT2D eigenvalue weighted by molar-refractivity contribution is 5.79. The van der Waals surface area contributed by atoms with Crippen LogP contribution >= 0.6 is 0 Å². The molecule has 1 aliphatic carbocycles. The predicted octanol–water partition coefficient (Wildman–Crippen LogP) is 3.06. The molecule has 2 atom stereocenters. The van der Waals surface area contributed by atoms with Crippen LogP contribution in [0.4, 0.5) is 0 Å². The average molecular weight is 288 g/mol. The second-order valence-corrected chi connectivity index (χ2v) is 6.24. The molecule has 1 amide bonds. The van der Waals surface area contributed by atoms with Crippen molar-refractivity contribution in [3.63, 3.8) is 0 Å². The van der Waals surface area contributed by atoms with Gasteiger partial charge in [0.1, 0.15) is 0 Å². The molecule has 0 bridgehead atoms. The van der Waals surface area contributed by atoms with Gasteiger partial charge in [-0.15, -0.1) is 0 Å². The van der Waals surface area contributed by atoms with E-state index >= 15 is 0 Å². The molecule has 0 spiro atoms. The number of rotatable bonds is 8. The molecule has 0 heterocycles. The van der Waals surface area contributed by atoms with Gasteiger partial charge in [-0.2, -0.15) is 0 Å². The Balaban J connectivity index is 2.06. The van der Waals surface area contributed by atoms with E-state index < -0.39 is 0 Å². The summed E-state index contributed by atoms with van der Waals surface area (Å²) in [5.41, 5.74) is 1.22. The van der Waals surface area contributed by atoms with Gasteiger partial charge in [-0.05, 0) is 37.8 Å². The van der Waals surface area contributed by atoms with Gasteiger partial charge in [-0.1, -0.05) is 44.2 Å². The molecule has 2 unspecified atom stereocenters. The zero-order valence-corrected chi connectivity index (χ0v) is 13.5. The highest BCUT2D eigenvalue weighted by atomic mass is 16.2. The number of amides is 1. The van der Waals surface area contributed by atoms with Crippen LogP contribution in [0.5, 0.6) is 0 Å². The number of benzene rings is 1. The van der Waals surface area contributed by atoms with E-state index in [1.807, 2.05) is 25.1 Å². The molecule has 0 saturated heterocycles. The molecule has 3 nitrogen and oxygen atoms in total. The Morgan fingerprint density at radius 2 is 1.95 bits per heavy atom. The van der Waals surface area contributed by atoms with E-state index in [0.717, 1.165) is 19.6 Å². The van der Waals surface area contributed by atoms with E-state index in [1.54, 1.807) is 0 Å². The van der Waals surface area contributed by atoms with Crippen LogP contribution in [0.2, 0.25) is 0 Å². The van der Waals surface area contributed by atoms with Crippen molar-refractivity contribution in [1.82, 2.24) is 10.2 Å². The van der Waals surface area contributed by atoms with Crippen molar-refractivity contribution in [1.29, 1.82) is 0 Å². The molecule has 0 radical (unpaired) electrons. The van der Waals surface area contributed by atoms with E-state index in [-0.39, 0.29) is 11.8 Å². The Morgan fingerprint density at radius 1 is 1.29 bits per heavy atom. The first-order valence-electron chi connectivity index (χ1n) is 8.18. The number of carbonyl (C=O) groups excluding carboxylic acids is 1. The molecule has 21 heavy (non-hydrogen) atoms.